The highest BCUT2D eigenvalue weighted by atomic mass is 16.5. The lowest BCUT2D eigenvalue weighted by molar-refractivity contribution is -0.116. The van der Waals surface area contributed by atoms with Gasteiger partial charge in [0.05, 0.1) is 25.1 Å². The molecule has 0 bridgehead atoms. The molecule has 30 heavy (non-hydrogen) atoms. The molecule has 2 aromatic carbocycles. The van der Waals surface area contributed by atoms with Crippen LogP contribution in [-0.4, -0.2) is 29.3 Å². The minimum Gasteiger partial charge on any atom is -0.497 e. The first-order valence-electron chi connectivity index (χ1n) is 9.73. The number of carbonyl (C=O) groups excluding carboxylic acids is 1. The average Bonchev–Trinajstić information content (AvgIpc) is 2.76. The largest absolute Gasteiger partial charge is 0.497 e. The van der Waals surface area contributed by atoms with Crippen LogP contribution in [0.15, 0.2) is 52.1 Å². The molecule has 0 saturated heterocycles. The normalized spacial score (nSPS) is 10.8. The molecule has 3 aromatic rings. The second-order valence-electron chi connectivity index (χ2n) is 6.85. The van der Waals surface area contributed by atoms with Gasteiger partial charge in [0.15, 0.2) is 0 Å². The summed E-state index contributed by atoms with van der Waals surface area (Å²) in [6.45, 7) is 2.07. The number of carbonyl (C=O) groups is 1. The number of ether oxygens (including phenoxy) is 2. The second kappa shape index (κ2) is 9.30. The predicted molar refractivity (Wildman–Crippen MR) is 116 cm³/mol. The van der Waals surface area contributed by atoms with Crippen LogP contribution in [0.1, 0.15) is 19.8 Å². The number of fused-ring (bicyclic) bond motifs is 1. The van der Waals surface area contributed by atoms with Gasteiger partial charge in [0.1, 0.15) is 18.0 Å². The van der Waals surface area contributed by atoms with Gasteiger partial charge < -0.3 is 14.8 Å². The lowest BCUT2D eigenvalue weighted by atomic mass is 10.2. The number of nitrogens with zero attached hydrogens (tertiary/aromatic N) is 2. The summed E-state index contributed by atoms with van der Waals surface area (Å²) in [4.78, 5) is 38.5. The third kappa shape index (κ3) is 4.37. The van der Waals surface area contributed by atoms with Gasteiger partial charge >= 0.3 is 5.69 Å². The average molecular weight is 411 g/mol. The summed E-state index contributed by atoms with van der Waals surface area (Å²) < 4.78 is 13.0. The first kappa shape index (κ1) is 21.2. The fourth-order valence-corrected chi connectivity index (χ4v) is 3.26. The van der Waals surface area contributed by atoms with Gasteiger partial charge in [-0.15, -0.1) is 0 Å². The molecule has 0 saturated carbocycles. The number of amides is 1. The van der Waals surface area contributed by atoms with Crippen molar-refractivity contribution >= 4 is 22.5 Å². The van der Waals surface area contributed by atoms with Crippen molar-refractivity contribution in [1.82, 2.24) is 9.13 Å². The van der Waals surface area contributed by atoms with Crippen LogP contribution in [0.5, 0.6) is 11.5 Å². The molecule has 1 heterocycles. The second-order valence-corrected chi connectivity index (χ2v) is 6.85. The molecule has 158 valence electrons. The fourth-order valence-electron chi connectivity index (χ4n) is 3.26. The molecule has 0 aliphatic heterocycles. The van der Waals surface area contributed by atoms with E-state index in [1.54, 1.807) is 42.5 Å². The molecule has 3 rings (SSSR count). The molecule has 0 spiro atoms. The zero-order valence-corrected chi connectivity index (χ0v) is 17.3. The summed E-state index contributed by atoms with van der Waals surface area (Å²) in [5, 5.41) is 3.17. The van der Waals surface area contributed by atoms with Crippen LogP contribution in [0.4, 0.5) is 5.69 Å². The van der Waals surface area contributed by atoms with Crippen molar-refractivity contribution in [2.24, 2.45) is 0 Å². The smallest absolute Gasteiger partial charge is 0.331 e. The van der Waals surface area contributed by atoms with E-state index in [-0.39, 0.29) is 12.1 Å². The van der Waals surface area contributed by atoms with E-state index < -0.39 is 11.6 Å². The van der Waals surface area contributed by atoms with Gasteiger partial charge in [-0.05, 0) is 18.6 Å². The number of unbranched alkanes of at least 4 members (excludes halogenated alkanes) is 1. The standard InChI is InChI=1S/C22H25N3O5/c1-4-5-10-24-21(27)18-8-6-7-9-19(18)25(22(24)28)14-20(26)23-15-11-16(29-2)13-17(12-15)30-3/h6-9,11-13H,4-5,10,14H2,1-3H3,(H,23,26). The maximum Gasteiger partial charge on any atom is 0.331 e. The Hall–Kier alpha value is -3.55. The fraction of sp³-hybridized carbons (Fsp3) is 0.318. The number of benzene rings is 2. The maximum absolute atomic E-state index is 13.0. The Morgan fingerprint density at radius 1 is 1.00 bits per heavy atom. The summed E-state index contributed by atoms with van der Waals surface area (Å²) >= 11 is 0. The van der Waals surface area contributed by atoms with Crippen molar-refractivity contribution in [2.75, 3.05) is 19.5 Å². The summed E-state index contributed by atoms with van der Waals surface area (Å²) in [5.41, 5.74) is 0.0789. The number of rotatable bonds is 8. The Morgan fingerprint density at radius 3 is 2.30 bits per heavy atom. The molecule has 1 amide bonds. The molecular formula is C22H25N3O5. The van der Waals surface area contributed by atoms with Gasteiger partial charge in [-0.25, -0.2) is 4.79 Å². The Balaban J connectivity index is 1.98. The van der Waals surface area contributed by atoms with Crippen LogP contribution in [0.25, 0.3) is 10.9 Å². The molecular weight excluding hydrogens is 386 g/mol. The molecule has 8 heteroatoms. The monoisotopic (exact) mass is 411 g/mol. The third-order valence-electron chi connectivity index (χ3n) is 4.80. The number of anilines is 1. The molecule has 0 fully saturated rings. The third-order valence-corrected chi connectivity index (χ3v) is 4.80. The minimum atomic E-state index is -0.495. The van der Waals surface area contributed by atoms with Crippen molar-refractivity contribution in [3.05, 3.63) is 63.3 Å². The first-order valence-corrected chi connectivity index (χ1v) is 9.73. The Labute approximate surface area is 173 Å². The zero-order valence-electron chi connectivity index (χ0n) is 17.3. The van der Waals surface area contributed by atoms with E-state index in [0.717, 1.165) is 6.42 Å². The van der Waals surface area contributed by atoms with Gasteiger partial charge in [-0.1, -0.05) is 25.5 Å². The Morgan fingerprint density at radius 2 is 1.67 bits per heavy atom. The van der Waals surface area contributed by atoms with E-state index >= 15 is 0 Å². The van der Waals surface area contributed by atoms with Gasteiger partial charge in [-0.2, -0.15) is 0 Å². The van der Waals surface area contributed by atoms with E-state index in [2.05, 4.69) is 5.32 Å². The first-order chi connectivity index (χ1) is 14.5. The molecule has 8 nitrogen and oxygen atoms in total. The van der Waals surface area contributed by atoms with E-state index in [4.69, 9.17) is 9.47 Å². The molecule has 0 atom stereocenters. The van der Waals surface area contributed by atoms with Gasteiger partial charge in [0.25, 0.3) is 5.56 Å². The van der Waals surface area contributed by atoms with E-state index in [1.807, 2.05) is 6.92 Å². The van der Waals surface area contributed by atoms with Crippen LogP contribution < -0.4 is 26.0 Å². The highest BCUT2D eigenvalue weighted by Crippen LogP contribution is 2.25. The number of nitrogens with one attached hydrogen (secondary N) is 1. The molecule has 1 N–H and O–H groups in total. The molecule has 0 aliphatic carbocycles. The number of hydrogen-bond donors (Lipinski definition) is 1. The SMILES string of the molecule is CCCCn1c(=O)c2ccccc2n(CC(=O)Nc2cc(OC)cc(OC)c2)c1=O. The number of aromatic nitrogens is 2. The summed E-state index contributed by atoms with van der Waals surface area (Å²) in [5.74, 6) is 0.652. The van der Waals surface area contributed by atoms with Gasteiger partial charge in [-0.3, -0.25) is 18.7 Å². The number of para-hydroxylation sites is 1. The van der Waals surface area contributed by atoms with Gasteiger partial charge in [0, 0.05) is 30.4 Å². The summed E-state index contributed by atoms with van der Waals surface area (Å²) in [6.07, 6.45) is 1.54. The summed E-state index contributed by atoms with van der Waals surface area (Å²) in [6, 6.07) is 11.8. The van der Waals surface area contributed by atoms with Crippen molar-refractivity contribution < 1.29 is 14.3 Å². The molecule has 0 radical (unpaired) electrons. The minimum absolute atomic E-state index is 0.231. The number of hydrogen-bond acceptors (Lipinski definition) is 5. The topological polar surface area (TPSA) is 91.6 Å². The van der Waals surface area contributed by atoms with Crippen LogP contribution >= 0.6 is 0 Å². The zero-order chi connectivity index (χ0) is 21.7. The van der Waals surface area contributed by atoms with Crippen LogP contribution in [-0.2, 0) is 17.9 Å². The van der Waals surface area contributed by atoms with Crippen LogP contribution in [0, 0.1) is 0 Å². The highest BCUT2D eigenvalue weighted by Gasteiger charge is 2.15. The van der Waals surface area contributed by atoms with Crippen LogP contribution in [0.2, 0.25) is 0 Å². The van der Waals surface area contributed by atoms with Gasteiger partial charge in [0.2, 0.25) is 5.91 Å². The highest BCUT2D eigenvalue weighted by molar-refractivity contribution is 5.92. The summed E-state index contributed by atoms with van der Waals surface area (Å²) in [7, 11) is 3.04. The van der Waals surface area contributed by atoms with E-state index in [9.17, 15) is 14.4 Å². The predicted octanol–water partition coefficient (Wildman–Crippen LogP) is 2.62. The Bertz CT molecular complexity index is 1160. The maximum atomic E-state index is 13.0. The van der Waals surface area contributed by atoms with E-state index in [0.29, 0.717) is 41.1 Å². The molecule has 0 unspecified atom stereocenters. The van der Waals surface area contributed by atoms with Crippen molar-refractivity contribution in [3.8, 4) is 11.5 Å². The lowest BCUT2D eigenvalue weighted by Crippen LogP contribution is -2.41. The van der Waals surface area contributed by atoms with Crippen molar-refractivity contribution in [1.29, 1.82) is 0 Å². The quantitative estimate of drug-likeness (QED) is 0.615. The van der Waals surface area contributed by atoms with Crippen LogP contribution in [0.3, 0.4) is 0 Å². The van der Waals surface area contributed by atoms with Crippen molar-refractivity contribution in [2.45, 2.75) is 32.9 Å². The van der Waals surface area contributed by atoms with Crippen molar-refractivity contribution in [3.63, 3.8) is 0 Å². The number of methoxy groups -OCH3 is 2. The van der Waals surface area contributed by atoms with E-state index in [1.165, 1.54) is 23.4 Å². The Kier molecular flexibility index (Phi) is 6.56. The molecule has 0 aliphatic rings. The lowest BCUT2D eigenvalue weighted by Gasteiger charge is -2.14. The molecule has 1 aromatic heterocycles.